The Morgan fingerprint density at radius 1 is 1.45 bits per heavy atom. The van der Waals surface area contributed by atoms with Crippen LogP contribution in [0.5, 0.6) is 0 Å². The minimum absolute atomic E-state index is 0.0509. The normalized spacial score (nSPS) is 14.5. The van der Waals surface area contributed by atoms with Gasteiger partial charge in [-0.1, -0.05) is 20.8 Å². The molecule has 3 heteroatoms. The van der Waals surface area contributed by atoms with Crippen LogP contribution in [-0.2, 0) is 4.79 Å². The van der Waals surface area contributed by atoms with Crippen LogP contribution >= 0.6 is 0 Å². The number of amides is 1. The van der Waals surface area contributed by atoms with Crippen LogP contribution in [-0.4, -0.2) is 11.9 Å². The van der Waals surface area contributed by atoms with Gasteiger partial charge in [0.1, 0.15) is 0 Å². The van der Waals surface area contributed by atoms with Crippen molar-refractivity contribution in [1.29, 1.82) is 0 Å². The van der Waals surface area contributed by atoms with Gasteiger partial charge in [-0.05, 0) is 11.8 Å². The van der Waals surface area contributed by atoms with Gasteiger partial charge in [0.2, 0.25) is 5.91 Å². The third-order valence-electron chi connectivity index (χ3n) is 1.81. The Morgan fingerprint density at radius 3 is 2.18 bits per heavy atom. The van der Waals surface area contributed by atoms with Crippen LogP contribution in [0.15, 0.2) is 0 Å². The highest BCUT2D eigenvalue weighted by atomic mass is 16.1. The van der Waals surface area contributed by atoms with Gasteiger partial charge in [-0.3, -0.25) is 4.79 Å². The smallest absolute Gasteiger partial charge is 0.217 e. The number of hydrogen-bond acceptors (Lipinski definition) is 2. The van der Waals surface area contributed by atoms with Crippen molar-refractivity contribution < 1.29 is 4.79 Å². The summed E-state index contributed by atoms with van der Waals surface area (Å²) in [7, 11) is 0. The Morgan fingerprint density at radius 2 is 1.91 bits per heavy atom. The van der Waals surface area contributed by atoms with E-state index >= 15 is 0 Å². The fourth-order valence-corrected chi connectivity index (χ4v) is 0.731. The molecule has 0 bridgehead atoms. The van der Waals surface area contributed by atoms with Crippen molar-refractivity contribution in [3.63, 3.8) is 0 Å². The zero-order valence-electron chi connectivity index (χ0n) is 7.55. The molecule has 0 unspecified atom stereocenters. The Hall–Kier alpha value is -0.570. The third kappa shape index (κ3) is 4.79. The highest BCUT2D eigenvalue weighted by molar-refractivity contribution is 5.73. The predicted molar refractivity (Wildman–Crippen MR) is 45.9 cm³/mol. The molecule has 0 saturated heterocycles. The monoisotopic (exact) mass is 158 g/mol. The molecule has 0 fully saturated rings. The maximum absolute atomic E-state index is 10.4. The molecule has 3 nitrogen and oxygen atoms in total. The summed E-state index contributed by atoms with van der Waals surface area (Å²) in [6, 6.07) is 0.0509. The van der Waals surface area contributed by atoms with E-state index in [9.17, 15) is 4.79 Å². The second-order valence-corrected chi connectivity index (χ2v) is 3.98. The van der Waals surface area contributed by atoms with Gasteiger partial charge in [-0.2, -0.15) is 0 Å². The van der Waals surface area contributed by atoms with Crippen LogP contribution in [0.4, 0.5) is 0 Å². The number of rotatable bonds is 3. The Kier molecular flexibility index (Phi) is 3.52. The highest BCUT2D eigenvalue weighted by Crippen LogP contribution is 2.20. The van der Waals surface area contributed by atoms with Crippen LogP contribution < -0.4 is 11.5 Å². The molecular weight excluding hydrogens is 140 g/mol. The average molecular weight is 158 g/mol. The fraction of sp³-hybridized carbons (Fsp3) is 0.875. The van der Waals surface area contributed by atoms with E-state index in [2.05, 4.69) is 20.8 Å². The minimum atomic E-state index is -0.273. The Bertz CT molecular complexity index is 138. The molecule has 11 heavy (non-hydrogen) atoms. The Balaban J connectivity index is 3.70. The number of hydrogen-bond donors (Lipinski definition) is 2. The van der Waals surface area contributed by atoms with E-state index in [-0.39, 0.29) is 17.4 Å². The van der Waals surface area contributed by atoms with Gasteiger partial charge < -0.3 is 11.5 Å². The summed E-state index contributed by atoms with van der Waals surface area (Å²) < 4.78 is 0. The van der Waals surface area contributed by atoms with Gasteiger partial charge in [0.05, 0.1) is 0 Å². The summed E-state index contributed by atoms with van der Waals surface area (Å²) in [5.41, 5.74) is 10.8. The van der Waals surface area contributed by atoms with Crippen LogP contribution in [0.25, 0.3) is 0 Å². The molecule has 0 aromatic rings. The lowest BCUT2D eigenvalue weighted by atomic mass is 9.85. The lowest BCUT2D eigenvalue weighted by Crippen LogP contribution is -2.35. The van der Waals surface area contributed by atoms with Crippen LogP contribution in [0.3, 0.4) is 0 Å². The molecule has 0 spiro atoms. The summed E-state index contributed by atoms with van der Waals surface area (Å²) in [5, 5.41) is 0. The first-order valence-corrected chi connectivity index (χ1v) is 3.88. The number of nitrogens with two attached hydrogens (primary N) is 2. The molecule has 1 amide bonds. The minimum Gasteiger partial charge on any atom is -0.370 e. The maximum atomic E-state index is 10.4. The lowest BCUT2D eigenvalue weighted by molar-refractivity contribution is -0.118. The fourth-order valence-electron chi connectivity index (χ4n) is 0.731. The first kappa shape index (κ1) is 10.4. The van der Waals surface area contributed by atoms with E-state index in [0.717, 1.165) is 0 Å². The maximum Gasteiger partial charge on any atom is 0.217 e. The van der Waals surface area contributed by atoms with Gasteiger partial charge in [-0.25, -0.2) is 0 Å². The number of primary amides is 1. The molecule has 0 aliphatic carbocycles. The van der Waals surface area contributed by atoms with Gasteiger partial charge in [0, 0.05) is 12.5 Å². The molecule has 1 atom stereocenters. The summed E-state index contributed by atoms with van der Waals surface area (Å²) in [6.45, 7) is 6.16. The van der Waals surface area contributed by atoms with Gasteiger partial charge in [-0.15, -0.1) is 0 Å². The predicted octanol–water partition coefficient (Wildman–Crippen LogP) is 0.625. The molecule has 0 aromatic heterocycles. The van der Waals surface area contributed by atoms with Crippen LogP contribution in [0, 0.1) is 5.41 Å². The quantitative estimate of drug-likeness (QED) is 0.632. The second-order valence-electron chi connectivity index (χ2n) is 3.98. The van der Waals surface area contributed by atoms with Crippen LogP contribution in [0.2, 0.25) is 0 Å². The van der Waals surface area contributed by atoms with Crippen molar-refractivity contribution in [1.82, 2.24) is 0 Å². The highest BCUT2D eigenvalue weighted by Gasteiger charge is 2.20. The number of carbonyl (C=O) groups excluding carboxylic acids is 1. The third-order valence-corrected chi connectivity index (χ3v) is 1.81. The molecule has 0 aliphatic rings. The van der Waals surface area contributed by atoms with Crippen molar-refractivity contribution in [2.45, 2.75) is 39.7 Å². The second kappa shape index (κ2) is 3.72. The lowest BCUT2D eigenvalue weighted by Gasteiger charge is -2.26. The van der Waals surface area contributed by atoms with Crippen LogP contribution in [0.1, 0.15) is 33.6 Å². The molecule has 0 aliphatic heterocycles. The summed E-state index contributed by atoms with van der Waals surface area (Å²) in [4.78, 5) is 10.4. The SMILES string of the molecule is CC(C)(C)[C@@H](N)CCC(N)=O. The van der Waals surface area contributed by atoms with Crippen molar-refractivity contribution in [3.05, 3.63) is 0 Å². The van der Waals surface area contributed by atoms with E-state index in [4.69, 9.17) is 11.5 Å². The first-order valence-electron chi connectivity index (χ1n) is 3.88. The van der Waals surface area contributed by atoms with Crippen molar-refractivity contribution in [2.24, 2.45) is 16.9 Å². The topological polar surface area (TPSA) is 69.1 Å². The van der Waals surface area contributed by atoms with E-state index in [1.165, 1.54) is 0 Å². The molecule has 0 aromatic carbocycles. The molecule has 66 valence electrons. The summed E-state index contributed by atoms with van der Waals surface area (Å²) >= 11 is 0. The average Bonchev–Trinajstić information content (AvgIpc) is 1.80. The molecule has 0 saturated carbocycles. The van der Waals surface area contributed by atoms with E-state index < -0.39 is 0 Å². The molecule has 4 N–H and O–H groups in total. The largest absolute Gasteiger partial charge is 0.370 e. The molecule has 0 rings (SSSR count). The van der Waals surface area contributed by atoms with Crippen molar-refractivity contribution in [3.8, 4) is 0 Å². The molecule has 0 heterocycles. The van der Waals surface area contributed by atoms with E-state index in [1.807, 2.05) is 0 Å². The Labute approximate surface area is 68.1 Å². The molecule has 0 radical (unpaired) electrons. The van der Waals surface area contributed by atoms with Gasteiger partial charge in [0.15, 0.2) is 0 Å². The van der Waals surface area contributed by atoms with E-state index in [1.54, 1.807) is 0 Å². The summed E-state index contributed by atoms with van der Waals surface area (Å²) in [5.74, 6) is -0.273. The van der Waals surface area contributed by atoms with Gasteiger partial charge in [0.25, 0.3) is 0 Å². The van der Waals surface area contributed by atoms with Gasteiger partial charge >= 0.3 is 0 Å². The van der Waals surface area contributed by atoms with E-state index in [0.29, 0.717) is 12.8 Å². The summed E-state index contributed by atoms with van der Waals surface area (Å²) in [6.07, 6.45) is 1.07. The van der Waals surface area contributed by atoms with Crippen molar-refractivity contribution >= 4 is 5.91 Å². The number of carbonyl (C=O) groups is 1. The first-order chi connectivity index (χ1) is 4.84. The zero-order valence-corrected chi connectivity index (χ0v) is 7.55. The van der Waals surface area contributed by atoms with Crippen molar-refractivity contribution in [2.75, 3.05) is 0 Å². The zero-order chi connectivity index (χ0) is 9.07. The standard InChI is InChI=1S/C8H18N2O/c1-8(2,3)6(9)4-5-7(10)11/h6H,4-5,9H2,1-3H3,(H2,10,11)/t6-/m0/s1. The molecular formula is C8H18N2O.